The van der Waals surface area contributed by atoms with Crippen molar-refractivity contribution in [3.63, 3.8) is 0 Å². The Morgan fingerprint density at radius 1 is 1.39 bits per heavy atom. The number of hydrogen-bond acceptors (Lipinski definition) is 2. The molecule has 1 aliphatic carbocycles. The van der Waals surface area contributed by atoms with Gasteiger partial charge in [-0.1, -0.05) is 18.9 Å². The van der Waals surface area contributed by atoms with E-state index in [1.54, 1.807) is 6.07 Å². The van der Waals surface area contributed by atoms with Crippen molar-refractivity contribution in [3.8, 4) is 0 Å². The Balaban J connectivity index is 1.93. The van der Waals surface area contributed by atoms with Crippen molar-refractivity contribution >= 4 is 17.6 Å². The van der Waals surface area contributed by atoms with Crippen LogP contribution in [0.1, 0.15) is 36.8 Å². The van der Waals surface area contributed by atoms with Crippen molar-refractivity contribution < 1.29 is 4.39 Å². The van der Waals surface area contributed by atoms with Gasteiger partial charge < -0.3 is 5.73 Å². The third-order valence-electron chi connectivity index (χ3n) is 3.45. The van der Waals surface area contributed by atoms with Crippen molar-refractivity contribution in [1.29, 1.82) is 5.41 Å². The largest absolute Gasteiger partial charge is 0.384 e. The first-order chi connectivity index (χ1) is 8.66. The zero-order chi connectivity index (χ0) is 13.0. The van der Waals surface area contributed by atoms with Gasteiger partial charge in [-0.05, 0) is 42.2 Å². The fourth-order valence-corrected chi connectivity index (χ4v) is 3.69. The molecule has 2 rings (SSSR count). The molecule has 98 valence electrons. The molecule has 18 heavy (non-hydrogen) atoms. The van der Waals surface area contributed by atoms with E-state index < -0.39 is 0 Å². The van der Waals surface area contributed by atoms with Crippen molar-refractivity contribution in [2.75, 3.05) is 5.75 Å². The molecule has 3 N–H and O–H groups in total. The summed E-state index contributed by atoms with van der Waals surface area (Å²) in [6.07, 6.45) is 5.41. The summed E-state index contributed by atoms with van der Waals surface area (Å²) in [6, 6.07) is 4.54. The Kier molecular flexibility index (Phi) is 4.64. The minimum atomic E-state index is -0.329. The molecule has 4 heteroatoms. The summed E-state index contributed by atoms with van der Waals surface area (Å²) in [5.41, 5.74) is 6.99. The number of nitrogens with two attached hydrogens (primary N) is 1. The quantitative estimate of drug-likeness (QED) is 0.632. The van der Waals surface area contributed by atoms with E-state index in [-0.39, 0.29) is 11.7 Å². The third-order valence-corrected chi connectivity index (χ3v) is 4.67. The zero-order valence-electron chi connectivity index (χ0n) is 10.4. The summed E-state index contributed by atoms with van der Waals surface area (Å²) in [6.45, 7) is 0. The first-order valence-electron chi connectivity index (χ1n) is 6.37. The molecule has 1 aromatic rings. The molecule has 2 nitrogen and oxygen atoms in total. The van der Waals surface area contributed by atoms with Crippen molar-refractivity contribution in [3.05, 3.63) is 35.1 Å². The predicted octanol–water partition coefficient (Wildman–Crippen LogP) is 3.53. The Bertz CT molecular complexity index is 428. The van der Waals surface area contributed by atoms with Gasteiger partial charge in [-0.25, -0.2) is 4.39 Å². The number of rotatable bonds is 5. The summed E-state index contributed by atoms with van der Waals surface area (Å²) in [5, 5.41) is 7.48. The molecule has 0 bridgehead atoms. The van der Waals surface area contributed by atoms with Crippen molar-refractivity contribution in [2.45, 2.75) is 31.4 Å². The minimum absolute atomic E-state index is 0.0500. The molecule has 1 aromatic carbocycles. The monoisotopic (exact) mass is 266 g/mol. The van der Waals surface area contributed by atoms with Gasteiger partial charge in [0.15, 0.2) is 0 Å². The van der Waals surface area contributed by atoms with Crippen LogP contribution in [0, 0.1) is 17.1 Å². The molecule has 0 unspecified atom stereocenters. The maximum atomic E-state index is 13.1. The van der Waals surface area contributed by atoms with Crippen molar-refractivity contribution in [1.82, 2.24) is 0 Å². The summed E-state index contributed by atoms with van der Waals surface area (Å²) in [7, 11) is 0. The summed E-state index contributed by atoms with van der Waals surface area (Å²) in [4.78, 5) is 0. The lowest BCUT2D eigenvalue weighted by Gasteiger charge is -2.11. The number of benzene rings is 1. The number of hydrogen-bond donors (Lipinski definition) is 2. The summed E-state index contributed by atoms with van der Waals surface area (Å²) >= 11 is 1.87. The van der Waals surface area contributed by atoms with Gasteiger partial charge in [0.1, 0.15) is 11.7 Å². The van der Waals surface area contributed by atoms with Crippen LogP contribution in [0.5, 0.6) is 0 Å². The molecule has 0 radical (unpaired) electrons. The number of nitrogens with one attached hydrogen (secondary N) is 1. The number of halogens is 1. The van der Waals surface area contributed by atoms with Gasteiger partial charge >= 0.3 is 0 Å². The minimum Gasteiger partial charge on any atom is -0.384 e. The van der Waals surface area contributed by atoms with E-state index in [1.165, 1.54) is 37.8 Å². The highest BCUT2D eigenvalue weighted by molar-refractivity contribution is 7.98. The van der Waals surface area contributed by atoms with Crippen molar-refractivity contribution in [2.24, 2.45) is 11.7 Å². The van der Waals surface area contributed by atoms with E-state index in [9.17, 15) is 4.39 Å². The molecule has 0 heterocycles. The fraction of sp³-hybridized carbons (Fsp3) is 0.500. The van der Waals surface area contributed by atoms with Crippen LogP contribution in [-0.2, 0) is 5.75 Å². The third kappa shape index (κ3) is 3.48. The number of thioether (sulfide) groups is 1. The van der Waals surface area contributed by atoms with E-state index in [0.29, 0.717) is 5.56 Å². The maximum absolute atomic E-state index is 13.1. The van der Waals surface area contributed by atoms with Crippen LogP contribution in [0.3, 0.4) is 0 Å². The van der Waals surface area contributed by atoms with Gasteiger partial charge in [-0.3, -0.25) is 5.41 Å². The van der Waals surface area contributed by atoms with E-state index in [2.05, 4.69) is 0 Å². The molecule has 0 aliphatic heterocycles. The van der Waals surface area contributed by atoms with Gasteiger partial charge in [-0.2, -0.15) is 11.8 Å². The van der Waals surface area contributed by atoms with Crippen LogP contribution < -0.4 is 5.73 Å². The first-order valence-corrected chi connectivity index (χ1v) is 7.53. The summed E-state index contributed by atoms with van der Waals surface area (Å²) < 4.78 is 13.1. The van der Waals surface area contributed by atoms with Crippen LogP contribution in [0.2, 0.25) is 0 Å². The number of nitrogen functional groups attached to an aromatic ring is 1. The zero-order valence-corrected chi connectivity index (χ0v) is 11.2. The van der Waals surface area contributed by atoms with Crippen LogP contribution in [0.25, 0.3) is 0 Å². The molecular formula is C14H19FN2S. The normalized spacial score (nSPS) is 16.1. The van der Waals surface area contributed by atoms with E-state index >= 15 is 0 Å². The molecule has 0 spiro atoms. The Morgan fingerprint density at radius 2 is 2.11 bits per heavy atom. The Morgan fingerprint density at radius 3 is 2.78 bits per heavy atom. The molecule has 0 saturated heterocycles. The molecule has 1 fully saturated rings. The average molecular weight is 266 g/mol. The molecule has 0 aromatic heterocycles. The van der Waals surface area contributed by atoms with Gasteiger partial charge in [-0.15, -0.1) is 0 Å². The lowest BCUT2D eigenvalue weighted by molar-refractivity contribution is 0.623. The first kappa shape index (κ1) is 13.4. The fourth-order valence-electron chi connectivity index (χ4n) is 2.44. The second kappa shape index (κ2) is 6.23. The lowest BCUT2D eigenvalue weighted by atomic mass is 10.1. The standard InChI is InChI=1S/C14H19FN2S/c15-12-6-5-11(13(7-12)14(16)17)9-18-8-10-3-1-2-4-10/h5-7,10H,1-4,8-9H2,(H3,16,17). The Hall–Kier alpha value is -1.03. The van der Waals surface area contributed by atoms with Gasteiger partial charge in [0.25, 0.3) is 0 Å². The molecule has 0 atom stereocenters. The highest BCUT2D eigenvalue weighted by atomic mass is 32.2. The molecule has 1 aliphatic rings. The van der Waals surface area contributed by atoms with E-state index in [4.69, 9.17) is 11.1 Å². The van der Waals surface area contributed by atoms with E-state index in [0.717, 1.165) is 23.0 Å². The smallest absolute Gasteiger partial charge is 0.123 e. The average Bonchev–Trinajstić information content (AvgIpc) is 2.84. The van der Waals surface area contributed by atoms with Gasteiger partial charge in [0, 0.05) is 11.3 Å². The summed E-state index contributed by atoms with van der Waals surface area (Å²) in [5.74, 6) is 2.44. The Labute approximate surface area is 112 Å². The van der Waals surface area contributed by atoms with Crippen LogP contribution in [-0.4, -0.2) is 11.6 Å². The van der Waals surface area contributed by atoms with Crippen LogP contribution in [0.4, 0.5) is 4.39 Å². The van der Waals surface area contributed by atoms with E-state index in [1.807, 2.05) is 11.8 Å². The highest BCUT2D eigenvalue weighted by Gasteiger charge is 2.15. The highest BCUT2D eigenvalue weighted by Crippen LogP contribution is 2.29. The SMILES string of the molecule is N=C(N)c1cc(F)ccc1CSCC1CCCC1. The van der Waals surface area contributed by atoms with Crippen LogP contribution in [0.15, 0.2) is 18.2 Å². The second-order valence-electron chi connectivity index (χ2n) is 4.88. The van der Waals surface area contributed by atoms with Gasteiger partial charge in [0.2, 0.25) is 0 Å². The second-order valence-corrected chi connectivity index (χ2v) is 5.91. The number of amidine groups is 1. The lowest BCUT2D eigenvalue weighted by Crippen LogP contribution is -2.14. The molecular weight excluding hydrogens is 247 g/mol. The molecule has 1 saturated carbocycles. The topological polar surface area (TPSA) is 49.9 Å². The maximum Gasteiger partial charge on any atom is 0.123 e. The molecule has 0 amide bonds. The van der Waals surface area contributed by atoms with Gasteiger partial charge in [0.05, 0.1) is 0 Å². The van der Waals surface area contributed by atoms with Crippen LogP contribution >= 0.6 is 11.8 Å². The predicted molar refractivity (Wildman–Crippen MR) is 75.5 cm³/mol.